The minimum Gasteiger partial charge on any atom is -0.494 e. The fraction of sp³-hybridized carbons (Fsp3) is 0.500. The maximum atomic E-state index is 5.39. The van der Waals surface area contributed by atoms with Crippen molar-refractivity contribution in [2.24, 2.45) is 0 Å². The van der Waals surface area contributed by atoms with E-state index < -0.39 is 0 Å². The average molecular weight is 122 g/mol. The van der Waals surface area contributed by atoms with Crippen LogP contribution in [-0.4, -0.2) is 6.61 Å². The van der Waals surface area contributed by atoms with Crippen LogP contribution < -0.4 is 0 Å². The third-order valence-corrected chi connectivity index (χ3v) is 1.86. The van der Waals surface area contributed by atoms with Gasteiger partial charge in [0.25, 0.3) is 0 Å². The summed E-state index contributed by atoms with van der Waals surface area (Å²) in [5.74, 6) is 1.15. The molecular weight excluding hydrogens is 112 g/mol. The molecule has 1 heteroatoms. The summed E-state index contributed by atoms with van der Waals surface area (Å²) < 4.78 is 5.39. The topological polar surface area (TPSA) is 9.23 Å². The second-order valence-corrected chi connectivity index (χ2v) is 2.53. The van der Waals surface area contributed by atoms with Crippen LogP contribution >= 0.6 is 0 Å². The Morgan fingerprint density at radius 2 is 2.44 bits per heavy atom. The fourth-order valence-corrected chi connectivity index (χ4v) is 1.37. The van der Waals surface area contributed by atoms with E-state index in [4.69, 9.17) is 4.74 Å². The Morgan fingerprint density at radius 3 is 3.33 bits per heavy atom. The van der Waals surface area contributed by atoms with Gasteiger partial charge >= 0.3 is 0 Å². The summed E-state index contributed by atoms with van der Waals surface area (Å²) >= 11 is 0. The molecule has 1 heterocycles. The van der Waals surface area contributed by atoms with E-state index >= 15 is 0 Å². The predicted molar refractivity (Wildman–Crippen MR) is 36.0 cm³/mol. The molecule has 1 aliphatic heterocycles. The molecule has 0 amide bonds. The molecule has 0 bridgehead atoms. The van der Waals surface area contributed by atoms with Crippen molar-refractivity contribution in [3.8, 4) is 0 Å². The van der Waals surface area contributed by atoms with E-state index in [2.05, 4.69) is 12.2 Å². The molecule has 9 heavy (non-hydrogen) atoms. The van der Waals surface area contributed by atoms with Gasteiger partial charge in [-0.2, -0.15) is 0 Å². The predicted octanol–water partition coefficient (Wildman–Crippen LogP) is 2.01. The summed E-state index contributed by atoms with van der Waals surface area (Å²) in [5.41, 5.74) is 1.50. The third-order valence-electron chi connectivity index (χ3n) is 1.86. The molecule has 0 radical (unpaired) electrons. The summed E-state index contributed by atoms with van der Waals surface area (Å²) in [6, 6.07) is 0. The first-order valence-electron chi connectivity index (χ1n) is 3.48. The second kappa shape index (κ2) is 1.90. The lowest BCUT2D eigenvalue weighted by molar-refractivity contribution is 0.201. The van der Waals surface area contributed by atoms with Gasteiger partial charge in [0.2, 0.25) is 0 Å². The van der Waals surface area contributed by atoms with Crippen LogP contribution in [0.25, 0.3) is 0 Å². The summed E-state index contributed by atoms with van der Waals surface area (Å²) in [6.07, 6.45) is 7.86. The molecule has 0 unspecified atom stereocenters. The van der Waals surface area contributed by atoms with Gasteiger partial charge in [-0.3, -0.25) is 0 Å². The molecule has 0 aromatic rings. The summed E-state index contributed by atoms with van der Waals surface area (Å²) in [5, 5.41) is 0. The van der Waals surface area contributed by atoms with E-state index in [9.17, 15) is 0 Å². The Morgan fingerprint density at radius 1 is 1.44 bits per heavy atom. The van der Waals surface area contributed by atoms with Crippen molar-refractivity contribution in [2.75, 3.05) is 6.61 Å². The lowest BCUT2D eigenvalue weighted by Gasteiger charge is -2.14. The molecule has 0 N–H and O–H groups in total. The smallest absolute Gasteiger partial charge is 0.118 e. The Labute approximate surface area is 55.0 Å². The van der Waals surface area contributed by atoms with Crippen LogP contribution in [0.1, 0.15) is 19.3 Å². The molecule has 0 atom stereocenters. The molecule has 2 aliphatic rings. The molecule has 0 saturated carbocycles. The van der Waals surface area contributed by atoms with Gasteiger partial charge in [0.15, 0.2) is 0 Å². The second-order valence-electron chi connectivity index (χ2n) is 2.53. The van der Waals surface area contributed by atoms with Crippen molar-refractivity contribution in [1.82, 2.24) is 0 Å². The summed E-state index contributed by atoms with van der Waals surface area (Å²) in [6.45, 7) is 0.920. The van der Waals surface area contributed by atoms with Gasteiger partial charge in [-0.05, 0) is 30.9 Å². The van der Waals surface area contributed by atoms with Crippen LogP contribution in [-0.2, 0) is 4.74 Å². The molecular formula is C8H10O. The van der Waals surface area contributed by atoms with Crippen molar-refractivity contribution < 1.29 is 4.74 Å². The van der Waals surface area contributed by atoms with Crippen LogP contribution in [0.4, 0.5) is 0 Å². The maximum absolute atomic E-state index is 5.39. The highest BCUT2D eigenvalue weighted by Crippen LogP contribution is 2.27. The van der Waals surface area contributed by atoms with Gasteiger partial charge in [0, 0.05) is 0 Å². The highest BCUT2D eigenvalue weighted by molar-refractivity contribution is 5.30. The fourth-order valence-electron chi connectivity index (χ4n) is 1.37. The standard InChI is InChI=1S/C8H10O/c1-3-7-4-2-6-9-8(7)5-1/h1,5H,2-4,6H2. The van der Waals surface area contributed by atoms with Gasteiger partial charge < -0.3 is 4.74 Å². The van der Waals surface area contributed by atoms with E-state index in [1.54, 1.807) is 0 Å². The molecule has 0 aromatic carbocycles. The highest BCUT2D eigenvalue weighted by atomic mass is 16.5. The van der Waals surface area contributed by atoms with Gasteiger partial charge in [-0.25, -0.2) is 0 Å². The Bertz CT molecular complexity index is 177. The lowest BCUT2D eigenvalue weighted by Crippen LogP contribution is -2.01. The third kappa shape index (κ3) is 0.766. The number of allylic oxidation sites excluding steroid dienone is 3. The van der Waals surface area contributed by atoms with Crippen LogP contribution in [0.15, 0.2) is 23.5 Å². The van der Waals surface area contributed by atoms with Crippen LogP contribution in [0.3, 0.4) is 0 Å². The number of hydrogen-bond donors (Lipinski definition) is 0. The van der Waals surface area contributed by atoms with E-state index in [1.807, 2.05) is 0 Å². The first kappa shape index (κ1) is 5.10. The first-order chi connectivity index (χ1) is 4.47. The van der Waals surface area contributed by atoms with Crippen LogP contribution in [0.5, 0.6) is 0 Å². The van der Waals surface area contributed by atoms with E-state index in [0.717, 1.165) is 18.8 Å². The first-order valence-corrected chi connectivity index (χ1v) is 3.48. The van der Waals surface area contributed by atoms with Gasteiger partial charge in [0.1, 0.15) is 5.76 Å². The minimum absolute atomic E-state index is 0.920. The highest BCUT2D eigenvalue weighted by Gasteiger charge is 2.13. The summed E-state index contributed by atoms with van der Waals surface area (Å²) in [4.78, 5) is 0. The number of hydrogen-bond acceptors (Lipinski definition) is 1. The molecule has 2 rings (SSSR count). The zero-order chi connectivity index (χ0) is 6.10. The Balaban J connectivity index is 2.24. The minimum atomic E-state index is 0.920. The van der Waals surface area contributed by atoms with E-state index in [-0.39, 0.29) is 0 Å². The lowest BCUT2D eigenvalue weighted by atomic mass is 10.1. The largest absolute Gasteiger partial charge is 0.494 e. The average Bonchev–Trinajstić information content (AvgIpc) is 2.33. The van der Waals surface area contributed by atoms with Crippen molar-refractivity contribution >= 4 is 0 Å². The van der Waals surface area contributed by atoms with Crippen molar-refractivity contribution in [2.45, 2.75) is 19.3 Å². The zero-order valence-electron chi connectivity index (χ0n) is 5.39. The van der Waals surface area contributed by atoms with Crippen LogP contribution in [0.2, 0.25) is 0 Å². The Hall–Kier alpha value is -0.720. The monoisotopic (exact) mass is 122 g/mol. The van der Waals surface area contributed by atoms with Crippen molar-refractivity contribution in [1.29, 1.82) is 0 Å². The normalized spacial score (nSPS) is 24.0. The summed E-state index contributed by atoms with van der Waals surface area (Å²) in [7, 11) is 0. The van der Waals surface area contributed by atoms with E-state index in [1.165, 1.54) is 18.4 Å². The van der Waals surface area contributed by atoms with Gasteiger partial charge in [-0.15, -0.1) is 0 Å². The molecule has 0 aromatic heterocycles. The van der Waals surface area contributed by atoms with Crippen LogP contribution in [0, 0.1) is 0 Å². The van der Waals surface area contributed by atoms with E-state index in [0.29, 0.717) is 0 Å². The van der Waals surface area contributed by atoms with Crippen molar-refractivity contribution in [3.63, 3.8) is 0 Å². The molecule has 0 saturated heterocycles. The quantitative estimate of drug-likeness (QED) is 0.477. The SMILES string of the molecule is C1=CC2=C(C1)CCCO2. The number of rotatable bonds is 0. The Kier molecular flexibility index (Phi) is 1.08. The molecule has 48 valence electrons. The zero-order valence-corrected chi connectivity index (χ0v) is 5.39. The maximum Gasteiger partial charge on any atom is 0.118 e. The van der Waals surface area contributed by atoms with Gasteiger partial charge in [-0.1, -0.05) is 6.08 Å². The molecule has 1 nitrogen and oxygen atoms in total. The van der Waals surface area contributed by atoms with Gasteiger partial charge in [0.05, 0.1) is 6.61 Å². The molecule has 1 aliphatic carbocycles. The van der Waals surface area contributed by atoms with Crippen molar-refractivity contribution in [3.05, 3.63) is 23.5 Å². The molecule has 0 spiro atoms. The molecule has 0 fully saturated rings. The number of ether oxygens (including phenoxy) is 1.